The monoisotopic (exact) mass is 543 g/mol. The summed E-state index contributed by atoms with van der Waals surface area (Å²) in [5.74, 6) is 2.23. The molecule has 0 aromatic rings. The van der Waals surface area contributed by atoms with Crippen LogP contribution in [0.1, 0.15) is 91.4 Å². The van der Waals surface area contributed by atoms with Gasteiger partial charge in [0, 0.05) is 18.0 Å². The quantitative estimate of drug-likeness (QED) is 0.216. The Morgan fingerprint density at radius 3 is 2.59 bits per heavy atom. The molecule has 5 rings (SSSR count). The van der Waals surface area contributed by atoms with Crippen LogP contribution >= 0.6 is 0 Å². The number of allylic oxidation sites excluding steroid dienone is 2. The molecule has 5 aliphatic rings. The summed E-state index contributed by atoms with van der Waals surface area (Å²) in [6.07, 6.45) is 19.8. The molecule has 1 heterocycles. The van der Waals surface area contributed by atoms with Gasteiger partial charge in [0.15, 0.2) is 0 Å². The van der Waals surface area contributed by atoms with Crippen molar-refractivity contribution < 1.29 is 14.7 Å². The molecule has 0 aromatic heterocycles. The van der Waals surface area contributed by atoms with Crippen LogP contribution < -0.4 is 0 Å². The number of likely N-dealkylation sites (N-methyl/N-ethyl adjacent to an activating group) is 1. The molecule has 4 aliphatic carbocycles. The van der Waals surface area contributed by atoms with E-state index in [1.54, 1.807) is 6.21 Å². The Morgan fingerprint density at radius 1 is 1.03 bits per heavy atom. The first-order valence-electron chi connectivity index (χ1n) is 16.2. The Balaban J connectivity index is 1.17. The lowest BCUT2D eigenvalue weighted by Gasteiger charge is -2.63. The molecule has 6 nitrogen and oxygen atoms in total. The lowest BCUT2D eigenvalue weighted by Crippen LogP contribution is -2.62. The topological polar surface area (TPSA) is 57.5 Å². The fourth-order valence-corrected chi connectivity index (χ4v) is 9.79. The maximum Gasteiger partial charge on any atom is 0.129 e. The number of hydrogen-bond acceptors (Lipinski definition) is 6. The second-order valence-electron chi connectivity index (χ2n) is 14.6. The SMILES string of the molecule is CC(COC1CC[C@@]2(C)C(CC[C@@H]3[C@H]2CC[C@]2(C)C(C=C/C=N/OCCN(C)C)CC[C@@]32O)C1)N1CCCC1. The molecular weight excluding hydrogens is 486 g/mol. The predicted octanol–water partition coefficient (Wildman–Crippen LogP) is 5.75. The summed E-state index contributed by atoms with van der Waals surface area (Å²) < 4.78 is 6.56. The predicted molar refractivity (Wildman–Crippen MR) is 159 cm³/mol. The third-order valence-electron chi connectivity index (χ3n) is 12.4. The number of ether oxygens (including phenoxy) is 1. The highest BCUT2D eigenvalue weighted by Gasteiger charge is 2.66. The molecule has 1 N–H and O–H groups in total. The summed E-state index contributed by atoms with van der Waals surface area (Å²) in [6, 6.07) is 0.549. The van der Waals surface area contributed by atoms with Crippen LogP contribution in [-0.2, 0) is 9.57 Å². The van der Waals surface area contributed by atoms with Crippen LogP contribution in [0.4, 0.5) is 0 Å². The number of nitrogens with zero attached hydrogens (tertiary/aromatic N) is 3. The third-order valence-corrected chi connectivity index (χ3v) is 12.4. The van der Waals surface area contributed by atoms with E-state index in [0.29, 0.717) is 41.9 Å². The van der Waals surface area contributed by atoms with Crippen LogP contribution in [0.5, 0.6) is 0 Å². The molecule has 0 aromatic carbocycles. The first-order valence-corrected chi connectivity index (χ1v) is 16.2. The maximum absolute atomic E-state index is 12.4. The van der Waals surface area contributed by atoms with Crippen LogP contribution in [0, 0.1) is 34.5 Å². The van der Waals surface area contributed by atoms with Crippen molar-refractivity contribution >= 4 is 6.21 Å². The molecule has 0 spiro atoms. The number of hydrogen-bond donors (Lipinski definition) is 1. The molecule has 39 heavy (non-hydrogen) atoms. The van der Waals surface area contributed by atoms with Crippen molar-refractivity contribution in [3.63, 3.8) is 0 Å². The Bertz CT molecular complexity index is 872. The van der Waals surface area contributed by atoms with Crippen molar-refractivity contribution in [2.75, 3.05) is 46.9 Å². The van der Waals surface area contributed by atoms with Crippen LogP contribution in [0.15, 0.2) is 17.3 Å². The molecule has 1 aliphatic heterocycles. The maximum atomic E-state index is 12.4. The Morgan fingerprint density at radius 2 is 1.82 bits per heavy atom. The van der Waals surface area contributed by atoms with Gasteiger partial charge in [0.1, 0.15) is 6.61 Å². The van der Waals surface area contributed by atoms with Gasteiger partial charge in [-0.05, 0) is 140 Å². The average Bonchev–Trinajstić information content (AvgIpc) is 3.54. The molecule has 9 atom stereocenters. The fourth-order valence-electron chi connectivity index (χ4n) is 9.79. The van der Waals surface area contributed by atoms with Gasteiger partial charge in [0.2, 0.25) is 0 Å². The van der Waals surface area contributed by atoms with Crippen molar-refractivity contribution in [3.05, 3.63) is 12.2 Å². The van der Waals surface area contributed by atoms with E-state index in [-0.39, 0.29) is 5.41 Å². The van der Waals surface area contributed by atoms with E-state index in [4.69, 9.17) is 9.57 Å². The number of oxime groups is 1. The molecule has 4 unspecified atom stereocenters. The van der Waals surface area contributed by atoms with Crippen molar-refractivity contribution in [3.8, 4) is 0 Å². The normalized spacial score (nSPS) is 43.6. The van der Waals surface area contributed by atoms with Gasteiger partial charge in [-0.25, -0.2) is 0 Å². The van der Waals surface area contributed by atoms with Gasteiger partial charge in [-0.15, -0.1) is 0 Å². The summed E-state index contributed by atoms with van der Waals surface area (Å²) in [5, 5.41) is 16.5. The standard InChI is InChI=1S/C33H57N3O3/c1-25(36-19-6-7-20-36)24-38-28-13-15-31(2)27(23-28)10-11-30-29(31)14-16-32(3)26(12-17-33(30,32)37)9-8-18-34-39-22-21-35(4)5/h8-9,18,25-30,37H,6-7,10-17,19-24H2,1-5H3/b9-8?,34-18+/t25?,26?,27?,28?,29-,30-,31+,32-,33-/m1/s1. The first-order chi connectivity index (χ1) is 18.7. The van der Waals surface area contributed by atoms with E-state index in [1.165, 1.54) is 64.5 Å². The number of fused-ring (bicyclic) bond motifs is 5. The van der Waals surface area contributed by atoms with E-state index in [1.807, 2.05) is 20.2 Å². The van der Waals surface area contributed by atoms with Crippen molar-refractivity contribution in [2.45, 2.75) is 109 Å². The largest absolute Gasteiger partial charge is 0.394 e. The molecule has 4 saturated carbocycles. The zero-order valence-corrected chi connectivity index (χ0v) is 25.6. The van der Waals surface area contributed by atoms with E-state index < -0.39 is 5.60 Å². The van der Waals surface area contributed by atoms with Crippen molar-refractivity contribution in [1.82, 2.24) is 9.80 Å². The number of rotatable bonds is 10. The van der Waals surface area contributed by atoms with E-state index in [9.17, 15) is 5.11 Å². The summed E-state index contributed by atoms with van der Waals surface area (Å²) in [6.45, 7) is 12.2. The zero-order valence-electron chi connectivity index (χ0n) is 25.6. The van der Waals surface area contributed by atoms with E-state index >= 15 is 0 Å². The highest BCUT2D eigenvalue weighted by Crippen LogP contribution is 2.69. The summed E-state index contributed by atoms with van der Waals surface area (Å²) in [4.78, 5) is 10.1. The van der Waals surface area contributed by atoms with Gasteiger partial charge in [0.25, 0.3) is 0 Å². The fraction of sp³-hybridized carbons (Fsp3) is 0.909. The van der Waals surface area contributed by atoms with Gasteiger partial charge in [0.05, 0.1) is 24.5 Å². The molecule has 222 valence electrons. The van der Waals surface area contributed by atoms with Crippen LogP contribution in [0.25, 0.3) is 0 Å². The summed E-state index contributed by atoms with van der Waals surface area (Å²) in [5.41, 5.74) is -0.235. The highest BCUT2D eigenvalue weighted by molar-refractivity contribution is 5.70. The van der Waals surface area contributed by atoms with E-state index in [2.05, 4.69) is 41.8 Å². The van der Waals surface area contributed by atoms with Crippen LogP contribution in [-0.4, -0.2) is 85.8 Å². The first kappa shape index (κ1) is 29.5. The minimum absolute atomic E-state index is 0.0422. The Labute approximate surface area is 238 Å². The molecule has 0 radical (unpaired) electrons. The summed E-state index contributed by atoms with van der Waals surface area (Å²) >= 11 is 0. The molecule has 1 saturated heterocycles. The number of aliphatic hydroxyl groups is 1. The number of likely N-dealkylation sites (tertiary alicyclic amines) is 1. The zero-order chi connectivity index (χ0) is 27.7. The highest BCUT2D eigenvalue weighted by atomic mass is 16.6. The summed E-state index contributed by atoms with van der Waals surface area (Å²) in [7, 11) is 4.07. The average molecular weight is 544 g/mol. The van der Waals surface area contributed by atoms with Crippen molar-refractivity contribution in [2.24, 2.45) is 39.7 Å². The molecule has 0 bridgehead atoms. The van der Waals surface area contributed by atoms with Crippen molar-refractivity contribution in [1.29, 1.82) is 0 Å². The Kier molecular flexibility index (Phi) is 9.17. The van der Waals surface area contributed by atoms with Gasteiger partial charge in [-0.1, -0.05) is 25.1 Å². The second kappa shape index (κ2) is 12.1. The van der Waals surface area contributed by atoms with Crippen LogP contribution in [0.3, 0.4) is 0 Å². The van der Waals surface area contributed by atoms with Gasteiger partial charge in [-0.2, -0.15) is 0 Å². The van der Waals surface area contributed by atoms with Crippen LogP contribution in [0.2, 0.25) is 0 Å². The molecular formula is C33H57N3O3. The van der Waals surface area contributed by atoms with Gasteiger partial charge >= 0.3 is 0 Å². The molecule has 6 heteroatoms. The lowest BCUT2D eigenvalue weighted by molar-refractivity contribution is -0.209. The van der Waals surface area contributed by atoms with Gasteiger partial charge < -0.3 is 19.6 Å². The minimum Gasteiger partial charge on any atom is -0.394 e. The Hall–Kier alpha value is -0.950. The lowest BCUT2D eigenvalue weighted by atomic mass is 9.43. The van der Waals surface area contributed by atoms with E-state index in [0.717, 1.165) is 38.3 Å². The second-order valence-corrected chi connectivity index (χ2v) is 14.6. The molecule has 0 amide bonds. The third kappa shape index (κ3) is 5.74. The molecule has 5 fully saturated rings. The smallest absolute Gasteiger partial charge is 0.129 e. The minimum atomic E-state index is -0.545. The van der Waals surface area contributed by atoms with Gasteiger partial charge in [-0.3, -0.25) is 4.90 Å².